The average Bonchev–Trinajstić information content (AvgIpc) is 3.20. The number of fused-ring (bicyclic) bond motifs is 4. The van der Waals surface area contributed by atoms with Crippen LogP contribution in [0.4, 0.5) is 0 Å². The molecule has 5 heteroatoms. The number of aryl methyl sites for hydroxylation is 2. The molecule has 0 amide bonds. The summed E-state index contributed by atoms with van der Waals surface area (Å²) in [6, 6.07) is 38.9. The Labute approximate surface area is 316 Å². The van der Waals surface area contributed by atoms with Crippen molar-refractivity contribution in [2.45, 2.75) is 55.6 Å². The van der Waals surface area contributed by atoms with Crippen LogP contribution in [0, 0.1) is 6.92 Å². The van der Waals surface area contributed by atoms with Crippen LogP contribution in [-0.2, 0) is 6.42 Å². The lowest BCUT2D eigenvalue weighted by Gasteiger charge is -2.17. The molecule has 1 aliphatic heterocycles. The zero-order valence-electron chi connectivity index (χ0n) is 30.2. The number of thioether (sulfide) groups is 1. The predicted molar refractivity (Wildman–Crippen MR) is 226 cm³/mol. The van der Waals surface area contributed by atoms with Gasteiger partial charge in [0.25, 0.3) is 0 Å². The van der Waals surface area contributed by atoms with E-state index in [-0.39, 0.29) is 5.92 Å². The second kappa shape index (κ2) is 15.9. The Hall–Kier alpha value is -5.65. The molecule has 2 atom stereocenters. The number of pyridine rings is 3. The van der Waals surface area contributed by atoms with Gasteiger partial charge in [-0.05, 0) is 109 Å². The average molecular weight is 707 g/mol. The van der Waals surface area contributed by atoms with Crippen LogP contribution in [0.3, 0.4) is 0 Å². The molecule has 0 spiro atoms. The van der Waals surface area contributed by atoms with Gasteiger partial charge in [-0.15, -0.1) is 11.8 Å². The van der Waals surface area contributed by atoms with Crippen molar-refractivity contribution in [1.82, 2.24) is 15.0 Å². The number of aliphatic imine (C=N–C) groups is 1. The lowest BCUT2D eigenvalue weighted by Crippen LogP contribution is -2.01. The van der Waals surface area contributed by atoms with E-state index in [4.69, 9.17) is 9.97 Å². The second-order valence-electron chi connectivity index (χ2n) is 13.8. The molecule has 0 fully saturated rings. The highest BCUT2D eigenvalue weighted by Crippen LogP contribution is 2.36. The number of hydrogen-bond acceptors (Lipinski definition) is 5. The molecule has 260 valence electrons. The summed E-state index contributed by atoms with van der Waals surface area (Å²) in [4.78, 5) is 20.8. The van der Waals surface area contributed by atoms with Gasteiger partial charge < -0.3 is 0 Å². The quantitative estimate of drug-likeness (QED) is 0.111. The molecule has 4 aromatic carbocycles. The van der Waals surface area contributed by atoms with Gasteiger partial charge in [0.15, 0.2) is 0 Å². The fraction of sp³-hybridized carbons (Fsp3) is 0.167. The summed E-state index contributed by atoms with van der Waals surface area (Å²) >= 11 is 1.98. The molecule has 3 aromatic heterocycles. The first-order chi connectivity index (χ1) is 26.1. The number of nitrogens with zero attached hydrogens (tertiary/aromatic N) is 4. The van der Waals surface area contributed by atoms with Crippen molar-refractivity contribution in [1.29, 1.82) is 0 Å². The number of aromatic nitrogens is 3. The van der Waals surface area contributed by atoms with Crippen molar-refractivity contribution in [2.24, 2.45) is 4.99 Å². The van der Waals surface area contributed by atoms with E-state index in [1.165, 1.54) is 27.0 Å². The number of rotatable bonds is 9. The van der Waals surface area contributed by atoms with Gasteiger partial charge in [0, 0.05) is 62.6 Å². The summed E-state index contributed by atoms with van der Waals surface area (Å²) in [6.45, 7) is 4.55. The smallest absolute Gasteiger partial charge is 0.0967 e. The lowest BCUT2D eigenvalue weighted by atomic mass is 9.89. The van der Waals surface area contributed by atoms with E-state index in [1.54, 1.807) is 0 Å². The van der Waals surface area contributed by atoms with E-state index < -0.39 is 0 Å². The molecule has 2 unspecified atom stereocenters. The Morgan fingerprint density at radius 1 is 0.792 bits per heavy atom. The van der Waals surface area contributed by atoms with E-state index in [2.05, 4.69) is 139 Å². The first kappa shape index (κ1) is 34.4. The maximum Gasteiger partial charge on any atom is 0.0967 e. The van der Waals surface area contributed by atoms with Crippen molar-refractivity contribution in [3.8, 4) is 11.3 Å². The third-order valence-electron chi connectivity index (χ3n) is 10.1. The van der Waals surface area contributed by atoms with E-state index in [9.17, 15) is 0 Å². The summed E-state index contributed by atoms with van der Waals surface area (Å²) in [5.41, 5.74) is 11.1. The Morgan fingerprint density at radius 2 is 1.60 bits per heavy atom. The van der Waals surface area contributed by atoms with Crippen LogP contribution in [0.1, 0.15) is 54.4 Å². The van der Waals surface area contributed by atoms with Crippen molar-refractivity contribution in [2.75, 3.05) is 0 Å². The van der Waals surface area contributed by atoms with Gasteiger partial charge in [-0.2, -0.15) is 0 Å². The summed E-state index contributed by atoms with van der Waals surface area (Å²) in [7, 11) is 0. The zero-order valence-corrected chi connectivity index (χ0v) is 31.0. The Morgan fingerprint density at radius 3 is 2.53 bits per heavy atom. The van der Waals surface area contributed by atoms with Gasteiger partial charge in [-0.25, -0.2) is 4.98 Å². The molecule has 0 saturated carbocycles. The van der Waals surface area contributed by atoms with Gasteiger partial charge >= 0.3 is 0 Å². The van der Waals surface area contributed by atoms with Crippen molar-refractivity contribution >= 4 is 56.3 Å². The maximum atomic E-state index is 5.28. The number of hydrogen-bond donors (Lipinski definition) is 0. The Balaban J connectivity index is 1.11. The second-order valence-corrected chi connectivity index (χ2v) is 15.3. The minimum atomic E-state index is 0.140. The summed E-state index contributed by atoms with van der Waals surface area (Å²) in [5, 5.41) is 3.95. The SMILES string of the molecule is Cc1ccccc1SC(C)CCCc1cc2ccccc2nc1-c1cccc(C2=C\N=C/C=C\CC(c3cc4cccnc4c4ncccc34)/C=C\2)c1. The van der Waals surface area contributed by atoms with Crippen LogP contribution in [0.2, 0.25) is 0 Å². The van der Waals surface area contributed by atoms with E-state index in [0.717, 1.165) is 75.4 Å². The first-order valence-corrected chi connectivity index (χ1v) is 19.4. The molecule has 0 N–H and O–H groups in total. The topological polar surface area (TPSA) is 51.0 Å². The normalized spacial score (nSPS) is 18.0. The van der Waals surface area contributed by atoms with Crippen molar-refractivity contribution in [3.63, 3.8) is 0 Å². The molecule has 0 aliphatic carbocycles. The Bertz CT molecular complexity index is 2550. The molecular formula is C48H42N4S. The highest BCUT2D eigenvalue weighted by atomic mass is 32.2. The van der Waals surface area contributed by atoms with Gasteiger partial charge in [-0.3, -0.25) is 15.0 Å². The third-order valence-corrected chi connectivity index (χ3v) is 11.4. The molecule has 0 saturated heterocycles. The molecule has 0 radical (unpaired) electrons. The third kappa shape index (κ3) is 7.77. The van der Waals surface area contributed by atoms with Crippen molar-refractivity contribution < 1.29 is 0 Å². The monoisotopic (exact) mass is 706 g/mol. The van der Waals surface area contributed by atoms with E-state index >= 15 is 0 Å². The minimum absolute atomic E-state index is 0.140. The predicted octanol–water partition coefficient (Wildman–Crippen LogP) is 12.5. The molecule has 4 nitrogen and oxygen atoms in total. The van der Waals surface area contributed by atoms with Gasteiger partial charge in [0.1, 0.15) is 0 Å². The molecule has 0 bridgehead atoms. The molecule has 53 heavy (non-hydrogen) atoms. The van der Waals surface area contributed by atoms with Gasteiger partial charge in [-0.1, -0.05) is 91.9 Å². The maximum absolute atomic E-state index is 5.28. The largest absolute Gasteiger partial charge is 0.264 e. The molecular weight excluding hydrogens is 665 g/mol. The standard InChI is InChI=1S/C48H42N4S/c1-33-13-3-6-23-45(33)53-34(2)14-9-18-39-30-37-16-4-5-22-44(37)52-46(39)38-19-10-17-36(29-38)41-25-24-35(15-7-8-26-49-32-41)43-31-40-20-11-27-50-47(40)48-42(43)21-12-28-51-48/h3-8,10-13,16-17,19-32,34-35H,9,14-15,18H2,1-2H3/b8-7-,25-24-,41-32-,49-26-. The van der Waals surface area contributed by atoms with Crippen molar-refractivity contribution in [3.05, 3.63) is 174 Å². The van der Waals surface area contributed by atoms with Crippen LogP contribution in [0.5, 0.6) is 0 Å². The number of para-hydroxylation sites is 1. The van der Waals surface area contributed by atoms with Crippen LogP contribution in [0.15, 0.2) is 162 Å². The summed E-state index contributed by atoms with van der Waals surface area (Å²) in [6.07, 6.45) is 20.4. The first-order valence-electron chi connectivity index (χ1n) is 18.5. The van der Waals surface area contributed by atoms with Crippen LogP contribution in [-0.4, -0.2) is 26.4 Å². The van der Waals surface area contributed by atoms with E-state index in [0.29, 0.717) is 5.25 Å². The van der Waals surface area contributed by atoms with Crippen LogP contribution in [0.25, 0.3) is 49.5 Å². The van der Waals surface area contributed by atoms with Gasteiger partial charge in [0.2, 0.25) is 0 Å². The number of allylic oxidation sites excluding steroid dienone is 5. The number of benzene rings is 4. The highest BCUT2D eigenvalue weighted by molar-refractivity contribution is 8.00. The van der Waals surface area contributed by atoms with E-state index in [1.807, 2.05) is 54.8 Å². The molecule has 8 rings (SSSR count). The summed E-state index contributed by atoms with van der Waals surface area (Å²) in [5.74, 6) is 0.140. The van der Waals surface area contributed by atoms with Crippen LogP contribution >= 0.6 is 11.8 Å². The fourth-order valence-corrected chi connectivity index (χ4v) is 8.43. The molecule has 4 heterocycles. The lowest BCUT2D eigenvalue weighted by molar-refractivity contribution is 0.729. The molecule has 1 aliphatic rings. The zero-order chi connectivity index (χ0) is 36.0. The Kier molecular flexibility index (Phi) is 10.4. The van der Waals surface area contributed by atoms with Gasteiger partial charge in [0.05, 0.1) is 22.2 Å². The minimum Gasteiger partial charge on any atom is -0.264 e. The molecule has 7 aromatic rings. The fourth-order valence-electron chi connectivity index (χ4n) is 7.30. The highest BCUT2D eigenvalue weighted by Gasteiger charge is 2.17. The summed E-state index contributed by atoms with van der Waals surface area (Å²) < 4.78 is 0. The van der Waals surface area contributed by atoms with Crippen LogP contribution < -0.4 is 0 Å².